The van der Waals surface area contributed by atoms with Crippen molar-refractivity contribution in [2.45, 2.75) is 98.9 Å². The first-order chi connectivity index (χ1) is 26.3. The van der Waals surface area contributed by atoms with Crippen molar-refractivity contribution in [2.75, 3.05) is 19.0 Å². The largest absolute Gasteiger partial charge is 0.507 e. The molecule has 15 nitrogen and oxygen atoms in total. The second kappa shape index (κ2) is 17.8. The number of phenolic OH excluding ortho intramolecular Hbond substituents is 3. The summed E-state index contributed by atoms with van der Waals surface area (Å²) >= 11 is 0. The molecule has 306 valence electrons. The molecule has 0 saturated carbocycles. The van der Waals surface area contributed by atoms with Gasteiger partial charge in [0.15, 0.2) is 5.75 Å². The van der Waals surface area contributed by atoms with E-state index in [0.717, 1.165) is 6.21 Å². The topological polar surface area (TPSA) is 223 Å². The number of hydrogen-bond donors (Lipinski definition) is 6. The van der Waals surface area contributed by atoms with E-state index in [1.807, 2.05) is 6.92 Å². The normalized spacial score (nSPS) is 31.0. The number of allylic oxidation sites excluding steroid dienone is 2. The van der Waals surface area contributed by atoms with Gasteiger partial charge in [0, 0.05) is 61.2 Å². The molecule has 6 N–H and O–H groups in total. The van der Waals surface area contributed by atoms with Crippen LogP contribution in [-0.2, 0) is 28.6 Å². The van der Waals surface area contributed by atoms with Crippen LogP contribution in [0.3, 0.4) is 0 Å². The number of fused-ring (bicyclic) bond motifs is 14. The minimum atomic E-state index is -2.05. The Hall–Kier alpha value is -5.12. The van der Waals surface area contributed by atoms with Crippen molar-refractivity contribution in [2.24, 2.45) is 28.8 Å². The number of benzene rings is 2. The highest BCUT2D eigenvalue weighted by molar-refractivity contribution is 6.23. The van der Waals surface area contributed by atoms with Crippen LogP contribution in [0.15, 0.2) is 41.3 Å². The number of aliphatic hydroxyl groups excluding tert-OH is 2. The second-order valence-corrected chi connectivity index (χ2v) is 14.7. The average molecular weight is 783 g/mol. The van der Waals surface area contributed by atoms with Crippen LogP contribution < -0.4 is 10.1 Å². The molecular formula is C41H54N2O13. The van der Waals surface area contributed by atoms with Crippen molar-refractivity contribution in [1.29, 1.82) is 0 Å². The Morgan fingerprint density at radius 2 is 1.66 bits per heavy atom. The fraction of sp³-hybridized carbons (Fsp3) is 0.512. The standard InChI is InChI=1S/C41H54N2O13/c1-11-16-54-42-18-26-31-36(49)29-28(35(26)48)30-38(24(7)34(29)47)56-41(9,39(30)50)53-17-15-27(52-10)21(4)37(55-25(8)44)23(6)33(46)22(5)32(45)19(2)13-12-14-20(3)40(51)43-31/h12-15,17-19,21-23,27,32-33,37,45-49H,11,16H2,1-10H3,(H,43,51)/b13-12-,17-15-,20-14-,42-18+. The summed E-state index contributed by atoms with van der Waals surface area (Å²) < 4.78 is 23.4. The SMILES string of the molecule is CCCO/N=C/c1c2c(O)c3c(O)c(C)c4c(c3c1O)C(=O)C(C)(O/C=C\C(OC)C(C)C(OC(C)=O)C(C)C(O)C(C)C(O)C(C)/C=C\C=C(\C)C(=O)N2)O4. The number of rotatable bonds is 6. The third kappa shape index (κ3) is 8.49. The van der Waals surface area contributed by atoms with Gasteiger partial charge in [0.05, 0.1) is 53.0 Å². The number of nitrogens with zero attached hydrogens (tertiary/aromatic N) is 1. The number of aromatic hydroxyl groups is 3. The van der Waals surface area contributed by atoms with Crippen LogP contribution in [0.1, 0.15) is 83.3 Å². The molecule has 0 radical (unpaired) electrons. The first kappa shape index (κ1) is 43.6. The first-order valence-electron chi connectivity index (χ1n) is 18.6. The highest BCUT2D eigenvalue weighted by atomic mass is 16.7. The minimum Gasteiger partial charge on any atom is -0.507 e. The fourth-order valence-electron chi connectivity index (χ4n) is 7.11. The molecule has 9 atom stereocenters. The summed E-state index contributed by atoms with van der Waals surface area (Å²) in [5.74, 6) is -8.59. The molecule has 0 aliphatic carbocycles. The lowest BCUT2D eigenvalue weighted by atomic mass is 9.78. The number of ether oxygens (including phenoxy) is 4. The maximum Gasteiger partial charge on any atom is 0.312 e. The minimum absolute atomic E-state index is 0.0363. The van der Waals surface area contributed by atoms with Gasteiger partial charge < -0.3 is 54.6 Å². The Labute approximate surface area is 326 Å². The van der Waals surface area contributed by atoms with Gasteiger partial charge in [0.25, 0.3) is 11.7 Å². The number of Topliss-reactive ketones (excluding diaryl/α,β-unsaturated/α-hetero) is 1. The van der Waals surface area contributed by atoms with Gasteiger partial charge in [-0.05, 0) is 26.3 Å². The molecule has 0 fully saturated rings. The van der Waals surface area contributed by atoms with Crippen molar-refractivity contribution >= 4 is 40.3 Å². The summed E-state index contributed by atoms with van der Waals surface area (Å²) in [6.07, 6.45) is 5.13. The van der Waals surface area contributed by atoms with Gasteiger partial charge in [-0.15, -0.1) is 0 Å². The lowest BCUT2D eigenvalue weighted by Gasteiger charge is -2.38. The number of phenols is 3. The number of hydrogen-bond acceptors (Lipinski definition) is 14. The van der Waals surface area contributed by atoms with E-state index in [9.17, 15) is 39.9 Å². The number of oxime groups is 1. The predicted octanol–water partition coefficient (Wildman–Crippen LogP) is 5.51. The van der Waals surface area contributed by atoms with E-state index >= 15 is 0 Å². The van der Waals surface area contributed by atoms with Gasteiger partial charge in [0.2, 0.25) is 0 Å². The van der Waals surface area contributed by atoms with Crippen molar-refractivity contribution in [3.05, 3.63) is 52.8 Å². The molecule has 2 aromatic rings. The zero-order valence-corrected chi connectivity index (χ0v) is 33.4. The zero-order valence-electron chi connectivity index (χ0n) is 33.4. The highest BCUT2D eigenvalue weighted by Gasteiger charge is 2.50. The molecule has 9 unspecified atom stereocenters. The Kier molecular flexibility index (Phi) is 13.8. The molecular weight excluding hydrogens is 728 g/mol. The van der Waals surface area contributed by atoms with E-state index in [2.05, 4.69) is 10.5 Å². The van der Waals surface area contributed by atoms with Crippen molar-refractivity contribution in [3.8, 4) is 23.0 Å². The van der Waals surface area contributed by atoms with Gasteiger partial charge in [0.1, 0.15) is 30.0 Å². The van der Waals surface area contributed by atoms with Crippen LogP contribution in [0.5, 0.6) is 23.0 Å². The number of aliphatic hydroxyl groups is 2. The molecule has 0 aromatic heterocycles. The van der Waals surface area contributed by atoms with Gasteiger partial charge in [-0.3, -0.25) is 14.4 Å². The van der Waals surface area contributed by atoms with E-state index < -0.39 is 88.8 Å². The highest BCUT2D eigenvalue weighted by Crippen LogP contribution is 2.55. The Morgan fingerprint density at radius 3 is 2.29 bits per heavy atom. The average Bonchev–Trinajstić information content (AvgIpc) is 3.42. The number of esters is 1. The molecule has 0 spiro atoms. The number of carbonyl (C=O) groups is 3. The number of nitrogens with one attached hydrogen (secondary N) is 1. The Balaban J connectivity index is 1.97. The van der Waals surface area contributed by atoms with E-state index in [4.69, 9.17) is 23.8 Å². The van der Waals surface area contributed by atoms with E-state index in [1.165, 1.54) is 53.2 Å². The molecule has 3 heterocycles. The Bertz CT molecular complexity index is 1950. The summed E-state index contributed by atoms with van der Waals surface area (Å²) in [6, 6.07) is 0. The molecule has 0 saturated heterocycles. The maximum absolute atomic E-state index is 14.3. The maximum atomic E-state index is 14.3. The van der Waals surface area contributed by atoms with Crippen LogP contribution >= 0.6 is 0 Å². The summed E-state index contributed by atoms with van der Waals surface area (Å²) in [6.45, 7) is 14.5. The predicted molar refractivity (Wildman–Crippen MR) is 208 cm³/mol. The first-order valence-corrected chi connectivity index (χ1v) is 18.6. The third-order valence-corrected chi connectivity index (χ3v) is 10.6. The second-order valence-electron chi connectivity index (χ2n) is 14.7. The smallest absolute Gasteiger partial charge is 0.312 e. The van der Waals surface area contributed by atoms with Gasteiger partial charge in [-0.1, -0.05) is 58.0 Å². The summed E-state index contributed by atoms with van der Waals surface area (Å²) in [5, 5.41) is 63.6. The van der Waals surface area contributed by atoms with Crippen LogP contribution in [-0.4, -0.2) is 93.3 Å². The van der Waals surface area contributed by atoms with Crippen LogP contribution in [0.2, 0.25) is 0 Å². The molecule has 3 aliphatic rings. The number of amides is 1. The van der Waals surface area contributed by atoms with Crippen molar-refractivity contribution < 1.29 is 63.7 Å². The number of methoxy groups -OCH3 is 1. The molecule has 15 heteroatoms. The van der Waals surface area contributed by atoms with Crippen molar-refractivity contribution in [3.63, 3.8) is 0 Å². The van der Waals surface area contributed by atoms with E-state index in [0.29, 0.717) is 6.42 Å². The Morgan fingerprint density at radius 1 is 0.982 bits per heavy atom. The number of ketones is 1. The summed E-state index contributed by atoms with van der Waals surface area (Å²) in [4.78, 5) is 45.4. The molecule has 5 bridgehead atoms. The van der Waals surface area contributed by atoms with Crippen LogP contribution in [0.25, 0.3) is 10.8 Å². The van der Waals surface area contributed by atoms with Gasteiger partial charge in [-0.2, -0.15) is 0 Å². The fourth-order valence-corrected chi connectivity index (χ4v) is 7.11. The molecule has 3 aliphatic heterocycles. The lowest BCUT2D eigenvalue weighted by molar-refractivity contribution is -0.160. The monoisotopic (exact) mass is 782 g/mol. The van der Waals surface area contributed by atoms with Crippen molar-refractivity contribution in [1.82, 2.24) is 0 Å². The van der Waals surface area contributed by atoms with Crippen LogP contribution in [0.4, 0.5) is 5.69 Å². The lowest BCUT2D eigenvalue weighted by Crippen LogP contribution is -2.46. The zero-order chi connectivity index (χ0) is 41.8. The summed E-state index contributed by atoms with van der Waals surface area (Å²) in [5.41, 5.74) is -0.591. The van der Waals surface area contributed by atoms with E-state index in [-0.39, 0.29) is 51.1 Å². The van der Waals surface area contributed by atoms with Crippen LogP contribution in [0, 0.1) is 30.6 Å². The third-order valence-electron chi connectivity index (χ3n) is 10.6. The number of anilines is 1. The summed E-state index contributed by atoms with van der Waals surface area (Å²) in [7, 11) is 1.43. The molecule has 1 amide bonds. The van der Waals surface area contributed by atoms with Gasteiger partial charge >= 0.3 is 11.8 Å². The van der Waals surface area contributed by atoms with Gasteiger partial charge in [-0.25, -0.2) is 0 Å². The molecule has 56 heavy (non-hydrogen) atoms. The molecule has 5 rings (SSSR count). The molecule has 2 aromatic carbocycles. The van der Waals surface area contributed by atoms with E-state index in [1.54, 1.807) is 39.8 Å². The number of carbonyl (C=O) groups excluding carboxylic acids is 3. The quantitative estimate of drug-likeness (QED) is 0.0532.